The number of benzene rings is 3. The van der Waals surface area contributed by atoms with Crippen molar-refractivity contribution in [2.24, 2.45) is 0 Å². The molecular formula is C20H21N3O3S. The molecule has 0 aliphatic carbocycles. The lowest BCUT2D eigenvalue weighted by Gasteiger charge is -2.10. The highest BCUT2D eigenvalue weighted by Crippen LogP contribution is 2.22. The van der Waals surface area contributed by atoms with Crippen LogP contribution in [-0.2, 0) is 22.3 Å². The number of hydrogen-bond donors (Lipinski definition) is 3. The largest absolute Gasteiger partial charge is 0.334 e. The van der Waals surface area contributed by atoms with E-state index >= 15 is 0 Å². The van der Waals surface area contributed by atoms with Gasteiger partial charge in [-0.15, -0.1) is 0 Å². The first kappa shape index (κ1) is 18.9. The number of urea groups is 1. The zero-order chi connectivity index (χ0) is 19.3. The van der Waals surface area contributed by atoms with Gasteiger partial charge < -0.3 is 10.6 Å². The first-order chi connectivity index (χ1) is 13.0. The summed E-state index contributed by atoms with van der Waals surface area (Å²) >= 11 is 0. The van der Waals surface area contributed by atoms with Crippen LogP contribution in [-0.4, -0.2) is 21.5 Å². The van der Waals surface area contributed by atoms with E-state index in [1.165, 1.54) is 7.05 Å². The Hall–Kier alpha value is -2.90. The molecule has 0 saturated heterocycles. The van der Waals surface area contributed by atoms with E-state index in [4.69, 9.17) is 0 Å². The molecule has 0 saturated carbocycles. The molecule has 0 spiro atoms. The van der Waals surface area contributed by atoms with E-state index in [0.29, 0.717) is 12.1 Å². The van der Waals surface area contributed by atoms with E-state index in [1.807, 2.05) is 42.5 Å². The van der Waals surface area contributed by atoms with Gasteiger partial charge in [0.2, 0.25) is 10.0 Å². The van der Waals surface area contributed by atoms with E-state index < -0.39 is 10.0 Å². The Morgan fingerprint density at radius 2 is 1.56 bits per heavy atom. The number of fused-ring (bicyclic) bond motifs is 1. The molecule has 0 bridgehead atoms. The maximum Gasteiger partial charge on any atom is 0.319 e. The van der Waals surface area contributed by atoms with Gasteiger partial charge in [0.25, 0.3) is 0 Å². The van der Waals surface area contributed by atoms with Crippen molar-refractivity contribution in [2.75, 3.05) is 12.4 Å². The summed E-state index contributed by atoms with van der Waals surface area (Å²) in [4.78, 5) is 12.2. The lowest BCUT2D eigenvalue weighted by molar-refractivity contribution is 0.252. The molecule has 0 heterocycles. The minimum atomic E-state index is -3.29. The Morgan fingerprint density at radius 3 is 2.30 bits per heavy atom. The smallest absolute Gasteiger partial charge is 0.319 e. The van der Waals surface area contributed by atoms with Crippen LogP contribution < -0.4 is 15.4 Å². The molecule has 0 radical (unpaired) electrons. The Balaban J connectivity index is 1.59. The van der Waals surface area contributed by atoms with E-state index in [2.05, 4.69) is 15.4 Å². The Morgan fingerprint density at radius 1 is 0.889 bits per heavy atom. The standard InChI is InChI=1S/C20H21N3O3S/c1-21-27(25,26)14-16-11-9-15(10-12-16)13-22-20(24)23-19-8-4-6-17-5-2-3-7-18(17)19/h2-12,21H,13-14H2,1H3,(H2,22,23,24). The predicted octanol–water partition coefficient (Wildman–Crippen LogP) is 3.21. The highest BCUT2D eigenvalue weighted by Gasteiger charge is 2.09. The third-order valence-electron chi connectivity index (χ3n) is 4.18. The van der Waals surface area contributed by atoms with Crippen LogP contribution in [0.25, 0.3) is 10.8 Å². The number of nitrogens with one attached hydrogen (secondary N) is 3. The molecule has 0 unspecified atom stereocenters. The van der Waals surface area contributed by atoms with Crippen molar-refractivity contribution in [1.29, 1.82) is 0 Å². The summed E-state index contributed by atoms with van der Waals surface area (Å²) in [7, 11) is -1.90. The summed E-state index contributed by atoms with van der Waals surface area (Å²) in [6.45, 7) is 0.343. The van der Waals surface area contributed by atoms with Crippen LogP contribution in [0.4, 0.5) is 10.5 Å². The fourth-order valence-corrected chi connectivity index (χ4v) is 3.50. The zero-order valence-corrected chi connectivity index (χ0v) is 15.7. The molecule has 140 valence electrons. The van der Waals surface area contributed by atoms with Crippen molar-refractivity contribution in [3.8, 4) is 0 Å². The summed E-state index contributed by atoms with van der Waals surface area (Å²) in [5, 5.41) is 7.71. The van der Waals surface area contributed by atoms with Gasteiger partial charge in [-0.05, 0) is 29.6 Å². The number of sulfonamides is 1. The lowest BCUT2D eigenvalue weighted by atomic mass is 10.1. The van der Waals surface area contributed by atoms with Gasteiger partial charge in [0.1, 0.15) is 0 Å². The van der Waals surface area contributed by atoms with Crippen LogP contribution in [0.1, 0.15) is 11.1 Å². The van der Waals surface area contributed by atoms with E-state index in [-0.39, 0.29) is 11.8 Å². The van der Waals surface area contributed by atoms with Crippen LogP contribution in [0.5, 0.6) is 0 Å². The topological polar surface area (TPSA) is 87.3 Å². The number of carbonyl (C=O) groups is 1. The van der Waals surface area contributed by atoms with Crippen molar-refractivity contribution in [1.82, 2.24) is 10.0 Å². The fourth-order valence-electron chi connectivity index (χ4n) is 2.73. The quantitative estimate of drug-likeness (QED) is 0.611. The van der Waals surface area contributed by atoms with Gasteiger partial charge in [-0.25, -0.2) is 17.9 Å². The van der Waals surface area contributed by atoms with Gasteiger partial charge in [-0.1, -0.05) is 60.7 Å². The number of carbonyl (C=O) groups excluding carboxylic acids is 1. The molecule has 0 aromatic heterocycles. The van der Waals surface area contributed by atoms with Crippen LogP contribution in [0.2, 0.25) is 0 Å². The third kappa shape index (κ3) is 5.06. The Kier molecular flexibility index (Phi) is 5.73. The second-order valence-electron chi connectivity index (χ2n) is 6.11. The van der Waals surface area contributed by atoms with E-state index in [1.54, 1.807) is 24.3 Å². The van der Waals surface area contributed by atoms with E-state index in [0.717, 1.165) is 22.0 Å². The van der Waals surface area contributed by atoms with Crippen LogP contribution in [0.15, 0.2) is 66.7 Å². The molecule has 0 aliphatic rings. The van der Waals surface area contributed by atoms with E-state index in [9.17, 15) is 13.2 Å². The normalized spacial score (nSPS) is 11.3. The summed E-state index contributed by atoms with van der Waals surface area (Å²) in [5.74, 6) is -0.0707. The zero-order valence-electron chi connectivity index (χ0n) is 14.9. The van der Waals surface area contributed by atoms with Gasteiger partial charge >= 0.3 is 6.03 Å². The van der Waals surface area contributed by atoms with Gasteiger partial charge in [-0.2, -0.15) is 0 Å². The summed E-state index contributed by atoms with van der Waals surface area (Å²) in [6, 6.07) is 20.4. The maximum atomic E-state index is 12.2. The van der Waals surface area contributed by atoms with Crippen LogP contribution >= 0.6 is 0 Å². The minimum absolute atomic E-state index is 0.0707. The van der Waals surface area contributed by atoms with Crippen LogP contribution in [0, 0.1) is 0 Å². The van der Waals surface area contributed by atoms with Crippen molar-refractivity contribution in [2.45, 2.75) is 12.3 Å². The molecule has 2 amide bonds. The first-order valence-corrected chi connectivity index (χ1v) is 10.1. The summed E-state index contributed by atoms with van der Waals surface area (Å²) in [5.41, 5.74) is 2.32. The predicted molar refractivity (Wildman–Crippen MR) is 108 cm³/mol. The molecule has 3 N–H and O–H groups in total. The molecule has 27 heavy (non-hydrogen) atoms. The lowest BCUT2D eigenvalue weighted by Crippen LogP contribution is -2.28. The average Bonchev–Trinajstić information content (AvgIpc) is 2.67. The molecule has 0 aliphatic heterocycles. The van der Waals surface area contributed by atoms with Crippen molar-refractivity contribution >= 4 is 32.5 Å². The summed E-state index contributed by atoms with van der Waals surface area (Å²) in [6.07, 6.45) is 0. The molecule has 0 atom stereocenters. The second kappa shape index (κ2) is 8.20. The van der Waals surface area contributed by atoms with Gasteiger partial charge in [0, 0.05) is 11.9 Å². The third-order valence-corrected chi connectivity index (χ3v) is 5.52. The van der Waals surface area contributed by atoms with Gasteiger partial charge in [0.05, 0.1) is 11.4 Å². The molecule has 3 rings (SSSR count). The number of hydrogen-bond acceptors (Lipinski definition) is 3. The molecule has 3 aromatic rings. The van der Waals surface area contributed by atoms with Gasteiger partial charge in [0.15, 0.2) is 0 Å². The molecule has 3 aromatic carbocycles. The Labute approximate surface area is 158 Å². The van der Waals surface area contributed by atoms with Gasteiger partial charge in [-0.3, -0.25) is 0 Å². The SMILES string of the molecule is CNS(=O)(=O)Cc1ccc(CNC(=O)Nc2cccc3ccccc23)cc1. The number of rotatable bonds is 6. The summed E-state index contributed by atoms with van der Waals surface area (Å²) < 4.78 is 25.4. The highest BCUT2D eigenvalue weighted by atomic mass is 32.2. The Bertz CT molecular complexity index is 1040. The number of anilines is 1. The maximum absolute atomic E-state index is 12.2. The fraction of sp³-hybridized carbons (Fsp3) is 0.150. The first-order valence-electron chi connectivity index (χ1n) is 8.48. The molecule has 6 nitrogen and oxygen atoms in total. The minimum Gasteiger partial charge on any atom is -0.334 e. The average molecular weight is 383 g/mol. The van der Waals surface area contributed by atoms with Crippen LogP contribution in [0.3, 0.4) is 0 Å². The van der Waals surface area contributed by atoms with Crippen molar-refractivity contribution < 1.29 is 13.2 Å². The highest BCUT2D eigenvalue weighted by molar-refractivity contribution is 7.88. The molecule has 7 heteroatoms. The van der Waals surface area contributed by atoms with Crippen molar-refractivity contribution in [3.63, 3.8) is 0 Å². The monoisotopic (exact) mass is 383 g/mol. The molecular weight excluding hydrogens is 362 g/mol. The number of amides is 2. The second-order valence-corrected chi connectivity index (χ2v) is 8.04. The molecule has 0 fully saturated rings. The van der Waals surface area contributed by atoms with Crippen molar-refractivity contribution in [3.05, 3.63) is 77.9 Å².